The minimum Gasteiger partial charge on any atom is -0.347 e. The van der Waals surface area contributed by atoms with Crippen LogP contribution in [0.3, 0.4) is 0 Å². The third-order valence-corrected chi connectivity index (χ3v) is 4.84. The molecule has 2 aromatic rings. The first-order valence-electron chi connectivity index (χ1n) is 8.30. The molecule has 0 atom stereocenters. The lowest BCUT2D eigenvalue weighted by molar-refractivity contribution is 0.0627. The Morgan fingerprint density at radius 1 is 1.13 bits per heavy atom. The maximum Gasteiger partial charge on any atom is 0.270 e. The van der Waals surface area contributed by atoms with E-state index in [0.29, 0.717) is 6.04 Å². The summed E-state index contributed by atoms with van der Waals surface area (Å²) in [5, 5.41) is 0. The number of hydrogen-bond acceptors (Lipinski definition) is 2. The third kappa shape index (κ3) is 3.64. The number of benzene rings is 1. The Bertz CT molecular complexity index is 642. The fourth-order valence-electron chi connectivity index (χ4n) is 3.34. The lowest BCUT2D eigenvalue weighted by atomic mass is 10.0. The van der Waals surface area contributed by atoms with Crippen molar-refractivity contribution in [1.29, 1.82) is 0 Å². The van der Waals surface area contributed by atoms with Gasteiger partial charge in [0.05, 0.1) is 0 Å². The van der Waals surface area contributed by atoms with Gasteiger partial charge in [-0.25, -0.2) is 0 Å². The van der Waals surface area contributed by atoms with Crippen LogP contribution in [0.15, 0.2) is 48.7 Å². The van der Waals surface area contributed by atoms with E-state index in [1.165, 1.54) is 5.56 Å². The maximum absolute atomic E-state index is 12.6. The lowest BCUT2D eigenvalue weighted by Gasteiger charge is -2.36. The molecule has 0 N–H and O–H groups in total. The van der Waals surface area contributed by atoms with Crippen molar-refractivity contribution in [2.45, 2.75) is 25.4 Å². The number of aryl methyl sites for hydroxylation is 1. The van der Waals surface area contributed by atoms with E-state index < -0.39 is 0 Å². The largest absolute Gasteiger partial charge is 0.347 e. The van der Waals surface area contributed by atoms with Crippen LogP contribution in [0.25, 0.3) is 0 Å². The molecule has 1 saturated heterocycles. The highest BCUT2D eigenvalue weighted by atomic mass is 16.2. The molecular formula is C19H25N3O. The van der Waals surface area contributed by atoms with Crippen LogP contribution in [0.2, 0.25) is 0 Å². The van der Waals surface area contributed by atoms with Crippen molar-refractivity contribution in [3.05, 3.63) is 59.9 Å². The highest BCUT2D eigenvalue weighted by Gasteiger charge is 2.26. The van der Waals surface area contributed by atoms with Crippen molar-refractivity contribution in [3.63, 3.8) is 0 Å². The van der Waals surface area contributed by atoms with Crippen molar-refractivity contribution in [2.75, 3.05) is 20.1 Å². The Hall–Kier alpha value is -2.07. The zero-order chi connectivity index (χ0) is 16.2. The van der Waals surface area contributed by atoms with Gasteiger partial charge in [-0.15, -0.1) is 0 Å². The van der Waals surface area contributed by atoms with Crippen molar-refractivity contribution in [2.24, 2.45) is 7.05 Å². The molecule has 1 aromatic heterocycles. The fraction of sp³-hybridized carbons (Fsp3) is 0.421. The van der Waals surface area contributed by atoms with Gasteiger partial charge in [0, 0.05) is 46.0 Å². The Labute approximate surface area is 138 Å². The number of piperidine rings is 1. The molecule has 122 valence electrons. The van der Waals surface area contributed by atoms with E-state index in [2.05, 4.69) is 35.2 Å². The summed E-state index contributed by atoms with van der Waals surface area (Å²) in [4.78, 5) is 17.0. The van der Waals surface area contributed by atoms with E-state index >= 15 is 0 Å². The summed E-state index contributed by atoms with van der Waals surface area (Å²) in [6.07, 6.45) is 4.00. The first kappa shape index (κ1) is 15.8. The molecule has 4 heteroatoms. The zero-order valence-corrected chi connectivity index (χ0v) is 14.0. The van der Waals surface area contributed by atoms with Gasteiger partial charge in [0.15, 0.2) is 0 Å². The highest BCUT2D eigenvalue weighted by Crippen LogP contribution is 2.19. The van der Waals surface area contributed by atoms with E-state index in [0.717, 1.165) is 38.2 Å². The van der Waals surface area contributed by atoms with Gasteiger partial charge in [0.2, 0.25) is 0 Å². The maximum atomic E-state index is 12.6. The predicted molar refractivity (Wildman–Crippen MR) is 92.2 cm³/mol. The Kier molecular flexibility index (Phi) is 4.82. The van der Waals surface area contributed by atoms with E-state index in [1.807, 2.05) is 41.9 Å². The number of rotatable bonds is 4. The second-order valence-electron chi connectivity index (χ2n) is 6.41. The van der Waals surface area contributed by atoms with Gasteiger partial charge in [-0.05, 0) is 30.5 Å². The molecule has 0 aliphatic carbocycles. The summed E-state index contributed by atoms with van der Waals surface area (Å²) in [5.74, 6) is 0.124. The van der Waals surface area contributed by atoms with Crippen LogP contribution in [0.1, 0.15) is 28.9 Å². The van der Waals surface area contributed by atoms with E-state index in [-0.39, 0.29) is 5.91 Å². The third-order valence-electron chi connectivity index (χ3n) is 4.84. The van der Waals surface area contributed by atoms with Crippen LogP contribution in [0.4, 0.5) is 0 Å². The number of likely N-dealkylation sites (tertiary alicyclic amines) is 1. The minimum atomic E-state index is 0.124. The number of amides is 1. The Morgan fingerprint density at radius 3 is 2.43 bits per heavy atom. The van der Waals surface area contributed by atoms with Crippen molar-refractivity contribution in [3.8, 4) is 0 Å². The van der Waals surface area contributed by atoms with Gasteiger partial charge in [-0.1, -0.05) is 30.3 Å². The molecule has 3 rings (SSSR count). The van der Waals surface area contributed by atoms with Gasteiger partial charge in [0.25, 0.3) is 5.91 Å². The molecular weight excluding hydrogens is 286 g/mol. The summed E-state index contributed by atoms with van der Waals surface area (Å²) < 4.78 is 1.89. The average Bonchev–Trinajstić information content (AvgIpc) is 3.01. The van der Waals surface area contributed by atoms with E-state index in [1.54, 1.807) is 0 Å². The summed E-state index contributed by atoms with van der Waals surface area (Å²) in [7, 11) is 3.86. The Balaban J connectivity index is 1.54. The summed E-state index contributed by atoms with van der Waals surface area (Å²) >= 11 is 0. The quantitative estimate of drug-likeness (QED) is 0.868. The molecule has 2 heterocycles. The molecule has 1 amide bonds. The number of nitrogens with zero attached hydrogens (tertiary/aromatic N) is 3. The van der Waals surface area contributed by atoms with Crippen LogP contribution < -0.4 is 0 Å². The van der Waals surface area contributed by atoms with Crippen LogP contribution in [-0.4, -0.2) is 46.5 Å². The van der Waals surface area contributed by atoms with Gasteiger partial charge >= 0.3 is 0 Å². The summed E-state index contributed by atoms with van der Waals surface area (Å²) in [5.41, 5.74) is 2.12. The summed E-state index contributed by atoms with van der Waals surface area (Å²) in [6.45, 7) is 3.09. The van der Waals surface area contributed by atoms with E-state index in [4.69, 9.17) is 0 Å². The van der Waals surface area contributed by atoms with Crippen molar-refractivity contribution in [1.82, 2.24) is 14.4 Å². The second-order valence-corrected chi connectivity index (χ2v) is 6.41. The minimum absolute atomic E-state index is 0.124. The van der Waals surface area contributed by atoms with Gasteiger partial charge in [-0.3, -0.25) is 9.69 Å². The number of carbonyl (C=O) groups is 1. The van der Waals surface area contributed by atoms with Gasteiger partial charge in [-0.2, -0.15) is 0 Å². The monoisotopic (exact) mass is 311 g/mol. The lowest BCUT2D eigenvalue weighted by Crippen LogP contribution is -2.45. The molecule has 4 nitrogen and oxygen atoms in total. The molecule has 0 radical (unpaired) electrons. The van der Waals surface area contributed by atoms with Crippen molar-refractivity contribution < 1.29 is 4.79 Å². The first-order chi connectivity index (χ1) is 11.1. The molecule has 23 heavy (non-hydrogen) atoms. The predicted octanol–water partition coefficient (Wildman–Crippen LogP) is 2.76. The second kappa shape index (κ2) is 7.01. The van der Waals surface area contributed by atoms with E-state index in [9.17, 15) is 4.79 Å². The molecule has 1 aromatic carbocycles. The van der Waals surface area contributed by atoms with Gasteiger partial charge < -0.3 is 9.47 Å². The number of hydrogen-bond donors (Lipinski definition) is 0. The number of carbonyl (C=O) groups excluding carboxylic acids is 1. The zero-order valence-electron chi connectivity index (χ0n) is 14.0. The average molecular weight is 311 g/mol. The molecule has 1 fully saturated rings. The first-order valence-corrected chi connectivity index (χ1v) is 8.30. The molecule has 0 unspecified atom stereocenters. The Morgan fingerprint density at radius 2 is 1.83 bits per heavy atom. The fourth-order valence-corrected chi connectivity index (χ4v) is 3.34. The smallest absolute Gasteiger partial charge is 0.270 e. The standard InChI is InChI=1S/C19H25N3O/c1-20-12-6-9-18(20)19(23)21(2)17-10-13-22(14-11-17)15-16-7-4-3-5-8-16/h3-9,12,17H,10-11,13-15H2,1-2H3. The normalized spacial score (nSPS) is 16.4. The topological polar surface area (TPSA) is 28.5 Å². The number of aromatic nitrogens is 1. The SMILES string of the molecule is CN(C(=O)c1cccn1C)C1CCN(Cc2ccccc2)CC1. The molecule has 0 saturated carbocycles. The molecule has 0 spiro atoms. The molecule has 1 aliphatic heterocycles. The van der Waals surface area contributed by atoms with Crippen molar-refractivity contribution >= 4 is 5.91 Å². The molecule has 0 bridgehead atoms. The van der Waals surface area contributed by atoms with Crippen LogP contribution in [0.5, 0.6) is 0 Å². The summed E-state index contributed by atoms with van der Waals surface area (Å²) in [6, 6.07) is 14.7. The highest BCUT2D eigenvalue weighted by molar-refractivity contribution is 5.92. The van der Waals surface area contributed by atoms with Crippen LogP contribution in [0, 0.1) is 0 Å². The van der Waals surface area contributed by atoms with Gasteiger partial charge in [0.1, 0.15) is 5.69 Å². The van der Waals surface area contributed by atoms with Crippen LogP contribution in [-0.2, 0) is 13.6 Å². The molecule has 1 aliphatic rings. The van der Waals surface area contributed by atoms with Crippen LogP contribution >= 0.6 is 0 Å².